The summed E-state index contributed by atoms with van der Waals surface area (Å²) in [5.41, 5.74) is 1.98. The van der Waals surface area contributed by atoms with Gasteiger partial charge in [-0.2, -0.15) is 0 Å². The van der Waals surface area contributed by atoms with Gasteiger partial charge in [-0.1, -0.05) is 32.4 Å². The van der Waals surface area contributed by atoms with Crippen LogP contribution in [0.5, 0.6) is 5.75 Å². The van der Waals surface area contributed by atoms with Crippen LogP contribution in [-0.4, -0.2) is 106 Å². The smallest absolute Gasteiger partial charge is 0.269 e. The molecule has 16 heteroatoms. The van der Waals surface area contributed by atoms with Crippen molar-refractivity contribution in [3.8, 4) is 5.75 Å². The van der Waals surface area contributed by atoms with Crippen LogP contribution in [0.25, 0.3) is 0 Å². The monoisotopic (exact) mass is 796 g/mol. The first-order valence-corrected chi connectivity index (χ1v) is 15.7. The summed E-state index contributed by atoms with van der Waals surface area (Å²) in [7, 11) is 9.52. The van der Waals surface area contributed by atoms with Crippen LogP contribution >= 0.6 is 0 Å². The maximum absolute atomic E-state index is 10.1. The molecular weight excluding hydrogens is 739 g/mol. The van der Waals surface area contributed by atoms with Crippen molar-refractivity contribution in [2.24, 2.45) is 5.92 Å². The Morgan fingerprint density at radius 3 is 1.71 bits per heavy atom. The molecule has 0 aliphatic rings. The number of benzene rings is 2. The summed E-state index contributed by atoms with van der Waals surface area (Å²) in [6.45, 7) is 5.86. The number of carbonyl (C=O) groups is 5. The molecule has 1 radical (unpaired) electrons. The van der Waals surface area contributed by atoms with E-state index in [4.69, 9.17) is 10.4 Å². The number of phenolic OH excluding ortho intramolecular Hbond substituents is 1. The molecule has 0 amide bonds. The minimum absolute atomic E-state index is 0. The minimum Gasteiger partial charge on any atom is -0.508 e. The Bertz CT molecular complexity index is 1130. The van der Waals surface area contributed by atoms with Gasteiger partial charge >= 0.3 is 0 Å². The second-order valence-corrected chi connectivity index (χ2v) is 10.4. The third-order valence-corrected chi connectivity index (χ3v) is 5.72. The van der Waals surface area contributed by atoms with Gasteiger partial charge in [0, 0.05) is 64.0 Å². The van der Waals surface area contributed by atoms with Gasteiger partial charge in [0.2, 0.25) is 0 Å². The van der Waals surface area contributed by atoms with Crippen molar-refractivity contribution in [2.45, 2.75) is 52.2 Å². The van der Waals surface area contributed by atoms with Crippen LogP contribution in [0, 0.1) is 16.0 Å². The summed E-state index contributed by atoms with van der Waals surface area (Å²) < 4.78 is 0. The number of non-ortho nitro benzene ring substituents is 1. The molecule has 15 nitrogen and oxygen atoms in total. The molecule has 5 N–H and O–H groups in total. The first-order chi connectivity index (χ1) is 23.9. The summed E-state index contributed by atoms with van der Waals surface area (Å²) in [4.78, 5) is 63.7. The quantitative estimate of drug-likeness (QED) is 0.0381. The number of nitro benzene ring substituents is 1. The van der Waals surface area contributed by atoms with Crippen LogP contribution in [0.1, 0.15) is 45.1 Å². The van der Waals surface area contributed by atoms with Gasteiger partial charge in [-0.05, 0) is 95.5 Å². The molecule has 1 atom stereocenters. The van der Waals surface area contributed by atoms with E-state index in [-0.39, 0.29) is 56.8 Å². The number of aldehydes is 5. The zero-order valence-corrected chi connectivity index (χ0v) is 33.7. The zero-order valence-electron chi connectivity index (χ0n) is 30.9. The normalized spacial score (nSPS) is 9.84. The Hall–Kier alpha value is -3.57. The summed E-state index contributed by atoms with van der Waals surface area (Å²) in [6, 6.07) is 12.7. The zero-order chi connectivity index (χ0) is 39.0. The van der Waals surface area contributed by atoms with Gasteiger partial charge in [-0.15, -0.1) is 0 Å². The summed E-state index contributed by atoms with van der Waals surface area (Å²) in [6.07, 6.45) is 10.3. The minimum atomic E-state index is -0.514. The van der Waals surface area contributed by atoms with Crippen LogP contribution in [0.2, 0.25) is 0 Å². The standard InChI is InChI=1S/C8H11NO2.C8H17NO.C6H5NO3.C6H13NO.C4H4O2.C3H7NO.Y/c1-9-8-4-2-7(3-5-8)6-11-10;1-9(2)7-5-3-4-6-8-10;8-6-3-1-5(2-4-6)7(9)10;1-5(2)6(4-8)7-3;5-3-1-2-4-6;1-4-2-3-5;/h2-5,9-10H,6H2,1H3;8H,3-7H2,1-2H3;1-4,8H;4-7H,1-3H3;1-4H;3-4H,2H2,1H3;/b;;;;2-1-;;. The van der Waals surface area contributed by atoms with Crippen LogP contribution < -0.4 is 16.0 Å². The molecule has 1 unspecified atom stereocenters. The topological polar surface area (TPSA) is 218 Å². The number of unbranched alkanes of at least 4 members (excludes halogenated alkanes) is 3. The van der Waals surface area contributed by atoms with E-state index < -0.39 is 4.92 Å². The molecule has 51 heavy (non-hydrogen) atoms. The summed E-state index contributed by atoms with van der Waals surface area (Å²) in [5, 5.41) is 35.4. The van der Waals surface area contributed by atoms with E-state index in [1.165, 1.54) is 37.1 Å². The predicted molar refractivity (Wildman–Crippen MR) is 196 cm³/mol. The van der Waals surface area contributed by atoms with Crippen LogP contribution in [0.15, 0.2) is 60.7 Å². The maximum Gasteiger partial charge on any atom is 0.269 e. The fourth-order valence-corrected chi connectivity index (χ4v) is 2.98. The number of aromatic hydroxyl groups is 1. The number of phenols is 1. The molecule has 0 fully saturated rings. The Labute approximate surface area is 327 Å². The van der Waals surface area contributed by atoms with Gasteiger partial charge in [-0.25, -0.2) is 4.89 Å². The SMILES string of the molecule is CN(C)CCCCCC=O.CNC(C=O)C(C)C.CNCC=O.CNc1ccc(COO)cc1.O=C/C=C\C=O.O=[N+]([O-])c1ccc(O)cc1.[Y]. The molecule has 285 valence electrons. The third-order valence-electron chi connectivity index (χ3n) is 5.72. The number of anilines is 1. The number of hydrogen-bond donors (Lipinski definition) is 5. The second-order valence-electron chi connectivity index (χ2n) is 10.4. The van der Waals surface area contributed by atoms with Gasteiger partial charge in [0.1, 0.15) is 43.8 Å². The van der Waals surface area contributed by atoms with Crippen LogP contribution in [-0.2, 0) is 68.2 Å². The van der Waals surface area contributed by atoms with Crippen LogP contribution in [0.4, 0.5) is 11.4 Å². The van der Waals surface area contributed by atoms with Gasteiger partial charge < -0.3 is 40.3 Å². The van der Waals surface area contributed by atoms with Crippen molar-refractivity contribution >= 4 is 42.8 Å². The van der Waals surface area contributed by atoms with Gasteiger partial charge in [0.15, 0.2) is 0 Å². The number of nitrogens with zero attached hydrogens (tertiary/aromatic N) is 2. The third kappa shape index (κ3) is 44.4. The summed E-state index contributed by atoms with van der Waals surface area (Å²) >= 11 is 0. The van der Waals surface area contributed by atoms with Crippen LogP contribution in [0.3, 0.4) is 0 Å². The number of allylic oxidation sites excluding steroid dienone is 2. The van der Waals surface area contributed by atoms with E-state index in [0.717, 1.165) is 61.6 Å². The Kier molecular flexibility index (Phi) is 49.5. The molecular formula is C35H57N5O10Y. The molecule has 2 aromatic rings. The maximum atomic E-state index is 10.1. The molecule has 2 rings (SSSR count). The average molecular weight is 797 g/mol. The molecule has 0 aromatic heterocycles. The first-order valence-electron chi connectivity index (χ1n) is 15.7. The molecule has 2 aromatic carbocycles. The average Bonchev–Trinajstić information content (AvgIpc) is 3.10. The Balaban J connectivity index is -0.000000169. The number of hydrogen-bond acceptors (Lipinski definition) is 14. The van der Waals surface area contributed by atoms with Crippen molar-refractivity contribution in [1.82, 2.24) is 15.5 Å². The predicted octanol–water partition coefficient (Wildman–Crippen LogP) is 4.10. The summed E-state index contributed by atoms with van der Waals surface area (Å²) in [5.74, 6) is 0.433. The van der Waals surface area contributed by atoms with Crippen molar-refractivity contribution in [3.63, 3.8) is 0 Å². The number of nitrogens with one attached hydrogen (secondary N) is 3. The fraction of sp³-hybridized carbons (Fsp3) is 0.457. The first kappa shape index (κ1) is 56.8. The van der Waals surface area contributed by atoms with Crippen molar-refractivity contribution in [1.29, 1.82) is 0 Å². The molecule has 0 bridgehead atoms. The van der Waals surface area contributed by atoms with Gasteiger partial charge in [0.05, 0.1) is 17.5 Å². The molecule has 0 heterocycles. The molecule has 0 saturated heterocycles. The molecule has 0 saturated carbocycles. The van der Waals surface area contributed by atoms with E-state index >= 15 is 0 Å². The van der Waals surface area contributed by atoms with E-state index in [0.29, 0.717) is 25.0 Å². The Morgan fingerprint density at radius 1 is 0.863 bits per heavy atom. The van der Waals surface area contributed by atoms with Gasteiger partial charge in [-0.3, -0.25) is 25.0 Å². The van der Waals surface area contributed by atoms with Crippen molar-refractivity contribution < 1.29 is 76.9 Å². The van der Waals surface area contributed by atoms with E-state index in [9.17, 15) is 34.1 Å². The Morgan fingerprint density at radius 2 is 1.41 bits per heavy atom. The molecule has 0 aliphatic heterocycles. The second kappa shape index (κ2) is 44.5. The largest absolute Gasteiger partial charge is 0.508 e. The van der Waals surface area contributed by atoms with E-state index in [2.05, 4.69) is 39.8 Å². The van der Waals surface area contributed by atoms with Gasteiger partial charge in [0.25, 0.3) is 5.69 Å². The number of likely N-dealkylation sites (N-methyl/N-ethyl adjacent to an activating group) is 2. The van der Waals surface area contributed by atoms with E-state index in [1.807, 2.05) is 45.2 Å². The molecule has 0 spiro atoms. The molecule has 0 aliphatic carbocycles. The van der Waals surface area contributed by atoms with E-state index in [1.54, 1.807) is 14.1 Å². The van der Waals surface area contributed by atoms with Crippen molar-refractivity contribution in [3.05, 3.63) is 76.4 Å². The van der Waals surface area contributed by atoms with Crippen molar-refractivity contribution in [2.75, 3.05) is 53.6 Å². The number of carbonyl (C=O) groups excluding carboxylic acids is 5. The number of rotatable bonds is 17. The fourth-order valence-electron chi connectivity index (χ4n) is 2.98. The number of nitro groups is 1.